The molecule has 4 aromatic rings. The molecule has 0 spiro atoms. The van der Waals surface area contributed by atoms with Crippen molar-refractivity contribution in [3.05, 3.63) is 48.3 Å². The van der Waals surface area contributed by atoms with Crippen molar-refractivity contribution in [3.63, 3.8) is 0 Å². The summed E-state index contributed by atoms with van der Waals surface area (Å²) >= 11 is 0. The number of rotatable bonds is 5. The second-order valence-electron chi connectivity index (χ2n) is 7.73. The summed E-state index contributed by atoms with van der Waals surface area (Å²) in [5, 5.41) is 12.7. The maximum Gasteiger partial charge on any atom is 0.244 e. The summed E-state index contributed by atoms with van der Waals surface area (Å²) in [7, 11) is 0. The second kappa shape index (κ2) is 7.74. The minimum absolute atomic E-state index is 0.0765. The maximum atomic E-state index is 12.7. The number of para-hydroxylation sites is 1. The number of carbonyl (C=O) groups is 1. The van der Waals surface area contributed by atoms with Crippen LogP contribution in [0.15, 0.2) is 42.6 Å². The topological polar surface area (TPSA) is 90.4 Å². The Morgan fingerprint density at radius 2 is 2.00 bits per heavy atom. The summed E-state index contributed by atoms with van der Waals surface area (Å²) in [4.78, 5) is 19.0. The van der Waals surface area contributed by atoms with E-state index < -0.39 is 0 Å². The van der Waals surface area contributed by atoms with Crippen molar-refractivity contribution in [1.82, 2.24) is 34.5 Å². The van der Waals surface area contributed by atoms with Gasteiger partial charge in [0.2, 0.25) is 11.8 Å². The number of aromatic nitrogens is 6. The molecule has 0 saturated carbocycles. The Labute approximate surface area is 173 Å². The van der Waals surface area contributed by atoms with Gasteiger partial charge in [0.1, 0.15) is 12.1 Å². The molecule has 1 saturated heterocycles. The van der Waals surface area contributed by atoms with Crippen molar-refractivity contribution < 1.29 is 9.53 Å². The average Bonchev–Trinajstić information content (AvgIpc) is 3.34. The van der Waals surface area contributed by atoms with E-state index in [1.165, 1.54) is 0 Å². The fraction of sp³-hybridized carbons (Fsp3) is 0.381. The quantitative estimate of drug-likeness (QED) is 0.505. The number of hydrogen-bond donors (Lipinski definition) is 0. The summed E-state index contributed by atoms with van der Waals surface area (Å²) in [6.45, 7) is 4.22. The van der Waals surface area contributed by atoms with E-state index >= 15 is 0 Å². The number of nitrogens with zero attached hydrogens (tertiary/aromatic N) is 7. The van der Waals surface area contributed by atoms with E-state index in [0.717, 1.165) is 48.3 Å². The third-order valence-electron chi connectivity index (χ3n) is 5.56. The molecule has 0 atom stereocenters. The van der Waals surface area contributed by atoms with Crippen LogP contribution in [0.1, 0.15) is 18.5 Å². The normalized spacial score (nSPS) is 15.2. The first-order valence-corrected chi connectivity index (χ1v) is 10.2. The van der Waals surface area contributed by atoms with Crippen LogP contribution in [0.3, 0.4) is 0 Å². The van der Waals surface area contributed by atoms with Crippen LogP contribution in [-0.4, -0.2) is 60.1 Å². The predicted molar refractivity (Wildman–Crippen MR) is 110 cm³/mol. The van der Waals surface area contributed by atoms with E-state index in [1.807, 2.05) is 54.4 Å². The van der Waals surface area contributed by atoms with E-state index in [4.69, 9.17) is 4.74 Å². The van der Waals surface area contributed by atoms with Gasteiger partial charge in [-0.05, 0) is 43.9 Å². The third-order valence-corrected chi connectivity index (χ3v) is 5.56. The molecule has 0 aliphatic carbocycles. The molecule has 4 heterocycles. The minimum atomic E-state index is 0.0765. The zero-order valence-corrected chi connectivity index (χ0v) is 16.8. The van der Waals surface area contributed by atoms with E-state index in [-0.39, 0.29) is 12.5 Å². The molecule has 0 N–H and O–H groups in total. The lowest BCUT2D eigenvalue weighted by Crippen LogP contribution is -2.41. The molecule has 0 bridgehead atoms. The summed E-state index contributed by atoms with van der Waals surface area (Å²) in [5.74, 6) is 1.08. The number of piperidine rings is 1. The molecule has 9 nitrogen and oxygen atoms in total. The summed E-state index contributed by atoms with van der Waals surface area (Å²) in [5.41, 5.74) is 3.42. The Hall–Kier alpha value is -3.49. The van der Waals surface area contributed by atoms with Crippen molar-refractivity contribution in [2.45, 2.75) is 26.3 Å². The fourth-order valence-corrected chi connectivity index (χ4v) is 3.87. The molecule has 9 heteroatoms. The molecule has 0 unspecified atom stereocenters. The molecule has 1 aliphatic heterocycles. The van der Waals surface area contributed by atoms with E-state index in [1.54, 1.807) is 9.20 Å². The van der Waals surface area contributed by atoms with Gasteiger partial charge < -0.3 is 9.64 Å². The fourth-order valence-electron chi connectivity index (χ4n) is 3.87. The van der Waals surface area contributed by atoms with Crippen LogP contribution in [0.25, 0.3) is 16.7 Å². The van der Waals surface area contributed by atoms with E-state index in [0.29, 0.717) is 18.4 Å². The average molecular weight is 405 g/mol. The maximum absolute atomic E-state index is 12.7. The van der Waals surface area contributed by atoms with Gasteiger partial charge in [0, 0.05) is 19.2 Å². The lowest BCUT2D eigenvalue weighted by atomic mass is 9.98. The van der Waals surface area contributed by atoms with Crippen molar-refractivity contribution in [3.8, 4) is 5.88 Å². The molecule has 3 aromatic heterocycles. The minimum Gasteiger partial charge on any atom is -0.476 e. The largest absolute Gasteiger partial charge is 0.476 e. The molecule has 1 aromatic carbocycles. The second-order valence-corrected chi connectivity index (χ2v) is 7.73. The smallest absolute Gasteiger partial charge is 0.244 e. The van der Waals surface area contributed by atoms with Gasteiger partial charge in [0.25, 0.3) is 0 Å². The van der Waals surface area contributed by atoms with Gasteiger partial charge in [-0.15, -0.1) is 10.2 Å². The van der Waals surface area contributed by atoms with Crippen molar-refractivity contribution >= 4 is 22.6 Å². The Bertz CT molecular complexity index is 1190. The van der Waals surface area contributed by atoms with E-state index in [2.05, 4.69) is 20.4 Å². The molecular weight excluding hydrogens is 382 g/mol. The summed E-state index contributed by atoms with van der Waals surface area (Å²) in [6, 6.07) is 11.4. The van der Waals surface area contributed by atoms with Crippen LogP contribution in [0.2, 0.25) is 0 Å². The van der Waals surface area contributed by atoms with Crippen LogP contribution in [0.5, 0.6) is 5.88 Å². The lowest BCUT2D eigenvalue weighted by molar-refractivity contribution is -0.133. The first-order valence-electron chi connectivity index (χ1n) is 10.2. The zero-order chi connectivity index (χ0) is 20.5. The molecule has 1 amide bonds. The van der Waals surface area contributed by atoms with Crippen molar-refractivity contribution in [1.29, 1.82) is 0 Å². The molecule has 5 rings (SSSR count). The number of amides is 1. The van der Waals surface area contributed by atoms with Crippen molar-refractivity contribution in [2.24, 2.45) is 5.92 Å². The molecular formula is C21H23N7O2. The van der Waals surface area contributed by atoms with Crippen molar-refractivity contribution in [2.75, 3.05) is 19.7 Å². The highest BCUT2D eigenvalue weighted by Gasteiger charge is 2.24. The molecule has 1 aliphatic rings. The molecule has 154 valence electrons. The number of carbonyl (C=O) groups excluding carboxylic acids is 1. The number of hydrogen-bond acceptors (Lipinski definition) is 6. The highest BCUT2D eigenvalue weighted by atomic mass is 16.5. The predicted octanol–water partition coefficient (Wildman–Crippen LogP) is 2.10. The van der Waals surface area contributed by atoms with Crippen LogP contribution in [0.4, 0.5) is 0 Å². The number of ether oxygens (including phenoxy) is 1. The monoisotopic (exact) mass is 405 g/mol. The highest BCUT2D eigenvalue weighted by molar-refractivity contribution is 5.79. The highest BCUT2D eigenvalue weighted by Crippen LogP contribution is 2.20. The van der Waals surface area contributed by atoms with Crippen LogP contribution in [-0.2, 0) is 11.3 Å². The Morgan fingerprint density at radius 3 is 2.87 bits per heavy atom. The first-order chi connectivity index (χ1) is 14.7. The number of imidazole rings is 1. The van der Waals surface area contributed by atoms with Gasteiger partial charge >= 0.3 is 0 Å². The Kier molecular flexibility index (Phi) is 4.78. The summed E-state index contributed by atoms with van der Waals surface area (Å²) in [6.07, 6.45) is 3.71. The van der Waals surface area contributed by atoms with Crippen LogP contribution in [0, 0.1) is 12.8 Å². The van der Waals surface area contributed by atoms with Gasteiger partial charge in [-0.3, -0.25) is 4.79 Å². The van der Waals surface area contributed by atoms with Gasteiger partial charge in [-0.1, -0.05) is 17.3 Å². The number of likely N-dealkylation sites (tertiary alicyclic amines) is 1. The van der Waals surface area contributed by atoms with Crippen LogP contribution < -0.4 is 4.74 Å². The van der Waals surface area contributed by atoms with Gasteiger partial charge in [0.05, 0.1) is 24.0 Å². The third kappa shape index (κ3) is 3.70. The molecule has 0 radical (unpaired) electrons. The molecule has 1 fully saturated rings. The number of benzene rings is 1. The zero-order valence-electron chi connectivity index (χ0n) is 16.8. The lowest BCUT2D eigenvalue weighted by Gasteiger charge is -2.31. The van der Waals surface area contributed by atoms with Gasteiger partial charge in [0.15, 0.2) is 5.65 Å². The first kappa shape index (κ1) is 18.5. The SMILES string of the molecule is Cc1cn2nc(OCC3CCN(C(=O)Cn4nnc5ccccc54)CC3)ccc2n1. The van der Waals surface area contributed by atoms with Crippen LogP contribution >= 0.6 is 0 Å². The van der Waals surface area contributed by atoms with Gasteiger partial charge in [-0.2, -0.15) is 0 Å². The van der Waals surface area contributed by atoms with Gasteiger partial charge in [-0.25, -0.2) is 14.2 Å². The standard InChI is InChI=1S/C21H23N7O2/c1-15-12-28-19(22-15)6-7-20(24-28)30-14-16-8-10-26(11-9-16)21(29)13-27-18-5-3-2-4-17(18)23-25-27/h2-7,12,16H,8-11,13-14H2,1H3. The Morgan fingerprint density at radius 1 is 1.17 bits per heavy atom. The van der Waals surface area contributed by atoms with E-state index in [9.17, 15) is 4.79 Å². The Balaban J connectivity index is 1.13. The number of aryl methyl sites for hydroxylation is 1. The number of fused-ring (bicyclic) bond motifs is 2. The molecule has 30 heavy (non-hydrogen) atoms. The summed E-state index contributed by atoms with van der Waals surface area (Å²) < 4.78 is 9.32.